The van der Waals surface area contributed by atoms with Crippen LogP contribution in [0.1, 0.15) is 29.9 Å². The second kappa shape index (κ2) is 6.58. The molecule has 2 aromatic rings. The number of benzene rings is 2. The van der Waals surface area contributed by atoms with Crippen LogP contribution in [0.2, 0.25) is 0 Å². The average molecular weight is 363 g/mol. The highest BCUT2D eigenvalue weighted by molar-refractivity contribution is 5.82. The van der Waals surface area contributed by atoms with E-state index in [0.29, 0.717) is 12.8 Å². The van der Waals surface area contributed by atoms with Crippen LogP contribution in [0.15, 0.2) is 61.2 Å². The van der Waals surface area contributed by atoms with Gasteiger partial charge in [-0.25, -0.2) is 9.59 Å². The third kappa shape index (κ3) is 2.99. The number of hydrogen-bond acceptors (Lipinski definition) is 3. The molecule has 5 nitrogen and oxygen atoms in total. The molecule has 2 aliphatic rings. The van der Waals surface area contributed by atoms with Crippen LogP contribution in [0.25, 0.3) is 11.1 Å². The second-order valence-electron chi connectivity index (χ2n) is 7.18. The van der Waals surface area contributed by atoms with Crippen LogP contribution < -0.4 is 5.32 Å². The molecule has 2 aliphatic carbocycles. The molecule has 1 atom stereocenters. The normalized spacial score (nSPS) is 17.3. The summed E-state index contributed by atoms with van der Waals surface area (Å²) in [5, 5.41) is 12.0. The summed E-state index contributed by atoms with van der Waals surface area (Å²) in [6.07, 6.45) is 2.32. The van der Waals surface area contributed by atoms with Gasteiger partial charge in [0.25, 0.3) is 0 Å². The van der Waals surface area contributed by atoms with Crippen molar-refractivity contribution >= 4 is 12.1 Å². The molecule has 0 radical (unpaired) electrons. The summed E-state index contributed by atoms with van der Waals surface area (Å²) in [6, 6.07) is 15.1. The Morgan fingerprint density at radius 2 is 1.70 bits per heavy atom. The number of fused-ring (bicyclic) bond motifs is 3. The van der Waals surface area contributed by atoms with E-state index in [4.69, 9.17) is 4.74 Å². The lowest BCUT2D eigenvalue weighted by Gasteiger charge is -2.22. The summed E-state index contributed by atoms with van der Waals surface area (Å²) in [4.78, 5) is 23.8. The van der Waals surface area contributed by atoms with E-state index >= 15 is 0 Å². The maximum atomic E-state index is 12.3. The summed E-state index contributed by atoms with van der Waals surface area (Å²) in [5.41, 5.74) is 3.97. The lowest BCUT2D eigenvalue weighted by Crippen LogP contribution is -2.46. The van der Waals surface area contributed by atoms with Gasteiger partial charge in [-0.15, -0.1) is 6.58 Å². The molecular formula is C22H21NO4. The molecule has 0 saturated heterocycles. The Morgan fingerprint density at radius 3 is 2.19 bits per heavy atom. The third-order valence-corrected chi connectivity index (χ3v) is 5.66. The molecule has 2 aromatic carbocycles. The number of alkyl carbamates (subject to hydrolysis) is 1. The number of hydrogen-bond donors (Lipinski definition) is 2. The number of aliphatic carboxylic acids is 1. The van der Waals surface area contributed by atoms with E-state index in [2.05, 4.69) is 24.0 Å². The smallest absolute Gasteiger partial charge is 0.407 e. The fourth-order valence-electron chi connectivity index (χ4n) is 3.96. The highest BCUT2D eigenvalue weighted by Gasteiger charge is 2.51. The van der Waals surface area contributed by atoms with Crippen molar-refractivity contribution in [2.75, 3.05) is 6.61 Å². The summed E-state index contributed by atoms with van der Waals surface area (Å²) in [5.74, 6) is -1.12. The van der Waals surface area contributed by atoms with Gasteiger partial charge in [-0.2, -0.15) is 0 Å². The van der Waals surface area contributed by atoms with Gasteiger partial charge in [0.15, 0.2) is 0 Å². The Kier molecular flexibility index (Phi) is 4.22. The van der Waals surface area contributed by atoms with E-state index in [1.807, 2.05) is 36.4 Å². The maximum absolute atomic E-state index is 12.3. The van der Waals surface area contributed by atoms with E-state index in [0.717, 1.165) is 22.3 Å². The van der Waals surface area contributed by atoms with Crippen molar-refractivity contribution in [1.29, 1.82) is 0 Å². The van der Waals surface area contributed by atoms with Gasteiger partial charge in [-0.1, -0.05) is 54.6 Å². The minimum Gasteiger partial charge on any atom is -0.480 e. The molecule has 0 heterocycles. The monoisotopic (exact) mass is 363 g/mol. The number of carboxylic acids is 1. The zero-order chi connectivity index (χ0) is 19.0. The van der Waals surface area contributed by atoms with Gasteiger partial charge < -0.3 is 15.2 Å². The summed E-state index contributed by atoms with van der Waals surface area (Å²) in [6.45, 7) is 3.87. The molecule has 0 spiro atoms. The van der Waals surface area contributed by atoms with Gasteiger partial charge >= 0.3 is 12.1 Å². The van der Waals surface area contributed by atoms with Crippen LogP contribution in [-0.4, -0.2) is 29.8 Å². The van der Waals surface area contributed by atoms with Gasteiger partial charge in [-0.3, -0.25) is 0 Å². The Balaban J connectivity index is 1.48. The first-order valence-corrected chi connectivity index (χ1v) is 9.04. The van der Waals surface area contributed by atoms with E-state index in [1.165, 1.54) is 0 Å². The molecule has 27 heavy (non-hydrogen) atoms. The number of carbonyl (C=O) groups excluding carboxylic acids is 1. The number of amides is 1. The van der Waals surface area contributed by atoms with Gasteiger partial charge in [0.2, 0.25) is 0 Å². The van der Waals surface area contributed by atoms with Gasteiger partial charge in [0.1, 0.15) is 12.6 Å². The molecule has 1 fully saturated rings. The third-order valence-electron chi connectivity index (χ3n) is 5.66. The molecule has 1 amide bonds. The molecule has 138 valence electrons. The molecule has 5 heteroatoms. The Labute approximate surface area is 157 Å². The van der Waals surface area contributed by atoms with Crippen molar-refractivity contribution < 1.29 is 19.4 Å². The van der Waals surface area contributed by atoms with Crippen molar-refractivity contribution in [2.45, 2.75) is 24.8 Å². The average Bonchev–Trinajstić information content (AvgIpc) is 3.41. The number of carboxylic acid groups (broad SMARTS) is 1. The molecule has 0 aromatic heterocycles. The zero-order valence-corrected chi connectivity index (χ0v) is 14.9. The van der Waals surface area contributed by atoms with Gasteiger partial charge in [-0.05, 0) is 35.1 Å². The Morgan fingerprint density at radius 1 is 1.15 bits per heavy atom. The lowest BCUT2D eigenvalue weighted by atomic mass is 9.97. The fourth-order valence-corrected chi connectivity index (χ4v) is 3.96. The Bertz CT molecular complexity index is 871. The van der Waals surface area contributed by atoms with Gasteiger partial charge in [0.05, 0.1) is 0 Å². The quantitative estimate of drug-likeness (QED) is 0.762. The topological polar surface area (TPSA) is 75.6 Å². The van der Waals surface area contributed by atoms with Crippen LogP contribution >= 0.6 is 0 Å². The van der Waals surface area contributed by atoms with Gasteiger partial charge in [0, 0.05) is 11.3 Å². The first kappa shape index (κ1) is 17.3. The molecule has 2 N–H and O–H groups in total. The van der Waals surface area contributed by atoms with E-state index in [9.17, 15) is 14.7 Å². The summed E-state index contributed by atoms with van der Waals surface area (Å²) in [7, 11) is 0. The first-order chi connectivity index (χ1) is 13.1. The van der Waals surface area contributed by atoms with Crippen molar-refractivity contribution in [3.05, 3.63) is 72.3 Å². The highest BCUT2D eigenvalue weighted by Crippen LogP contribution is 2.50. The SMILES string of the molecule is C=CC1([C@@H](NC(=O)OCC2c3ccccc3-c3ccccc32)C(=O)O)CC1. The van der Waals surface area contributed by atoms with Crippen LogP contribution in [0.4, 0.5) is 4.79 Å². The Hall–Kier alpha value is -3.08. The van der Waals surface area contributed by atoms with E-state index in [1.54, 1.807) is 6.08 Å². The zero-order valence-electron chi connectivity index (χ0n) is 14.9. The van der Waals surface area contributed by atoms with E-state index in [-0.39, 0.29) is 12.5 Å². The predicted molar refractivity (Wildman–Crippen MR) is 101 cm³/mol. The van der Waals surface area contributed by atoms with Crippen molar-refractivity contribution in [3.63, 3.8) is 0 Å². The number of rotatable bonds is 6. The summed E-state index contributed by atoms with van der Waals surface area (Å²) < 4.78 is 5.44. The van der Waals surface area contributed by atoms with Crippen LogP contribution in [-0.2, 0) is 9.53 Å². The highest BCUT2D eigenvalue weighted by atomic mass is 16.5. The lowest BCUT2D eigenvalue weighted by molar-refractivity contribution is -0.140. The van der Waals surface area contributed by atoms with Crippen LogP contribution in [0.5, 0.6) is 0 Å². The molecule has 0 aliphatic heterocycles. The van der Waals surface area contributed by atoms with Crippen LogP contribution in [0.3, 0.4) is 0 Å². The van der Waals surface area contributed by atoms with E-state index < -0.39 is 23.5 Å². The van der Waals surface area contributed by atoms with Crippen molar-refractivity contribution in [2.24, 2.45) is 5.41 Å². The number of nitrogens with one attached hydrogen (secondary N) is 1. The predicted octanol–water partition coefficient (Wildman–Crippen LogP) is 3.94. The molecule has 1 saturated carbocycles. The first-order valence-electron chi connectivity index (χ1n) is 9.04. The number of carbonyl (C=O) groups is 2. The minimum absolute atomic E-state index is 0.0549. The largest absolute Gasteiger partial charge is 0.480 e. The molecule has 4 rings (SSSR count). The molecule has 0 bridgehead atoms. The van der Waals surface area contributed by atoms with Crippen molar-refractivity contribution in [1.82, 2.24) is 5.32 Å². The molecular weight excluding hydrogens is 342 g/mol. The van der Waals surface area contributed by atoms with Crippen LogP contribution in [0, 0.1) is 5.41 Å². The minimum atomic E-state index is -1.07. The maximum Gasteiger partial charge on any atom is 0.407 e. The standard InChI is InChI=1S/C22H21NO4/c1-2-22(11-12-22)19(20(24)25)23-21(26)27-13-18-16-9-5-3-7-14(16)15-8-4-6-10-17(15)18/h2-10,18-19H,1,11-13H2,(H,23,26)(H,24,25)/t19-/m0/s1. The summed E-state index contributed by atoms with van der Waals surface area (Å²) >= 11 is 0. The van der Waals surface area contributed by atoms with Crippen molar-refractivity contribution in [3.8, 4) is 11.1 Å². The molecule has 0 unspecified atom stereocenters. The fraction of sp³-hybridized carbons (Fsp3) is 0.273. The second-order valence-corrected chi connectivity index (χ2v) is 7.18. The number of ether oxygens (including phenoxy) is 1.